The number of sulfonamides is 1. The Hall–Kier alpha value is -2.75. The normalized spacial score (nSPS) is 16.4. The number of nitrogens with zero attached hydrogens (tertiary/aromatic N) is 3. The maximum atomic E-state index is 13.9. The molecule has 0 spiro atoms. The Labute approximate surface area is 182 Å². The van der Waals surface area contributed by atoms with Crippen LogP contribution in [0.4, 0.5) is 16.0 Å². The first-order valence-electron chi connectivity index (χ1n) is 10.3. The predicted octanol–water partition coefficient (Wildman–Crippen LogP) is 3.23. The minimum atomic E-state index is -4.17. The van der Waals surface area contributed by atoms with Crippen molar-refractivity contribution >= 4 is 33.3 Å². The van der Waals surface area contributed by atoms with Crippen molar-refractivity contribution in [3.05, 3.63) is 64.9 Å². The second-order valence-corrected chi connectivity index (χ2v) is 8.75. The lowest BCUT2D eigenvalue weighted by atomic mass is 10.0. The average molecular weight is 452 g/mol. The quantitative estimate of drug-likeness (QED) is 0.618. The molecule has 4 rings (SSSR count). The van der Waals surface area contributed by atoms with Gasteiger partial charge in [0.2, 0.25) is 0 Å². The Morgan fingerprint density at radius 1 is 1.23 bits per heavy atom. The number of β-amino-alcohol motifs (C(OH)–C–C–N with tert-alkyl or cyclic N) is 1. The van der Waals surface area contributed by atoms with E-state index >= 15 is 0 Å². The molecule has 1 saturated heterocycles. The predicted molar refractivity (Wildman–Crippen MR) is 113 cm³/mol. The van der Waals surface area contributed by atoms with Crippen LogP contribution in [-0.4, -0.2) is 42.7 Å². The van der Waals surface area contributed by atoms with Gasteiger partial charge in [0, 0.05) is 22.8 Å². The number of aliphatic hydroxyl groups is 1. The van der Waals surface area contributed by atoms with Crippen molar-refractivity contribution in [1.82, 2.24) is 9.97 Å². The van der Waals surface area contributed by atoms with E-state index in [1.54, 1.807) is 11.0 Å². The molecule has 7 nitrogen and oxygen atoms in total. The van der Waals surface area contributed by atoms with Gasteiger partial charge in [0.15, 0.2) is 5.03 Å². The van der Waals surface area contributed by atoms with Crippen molar-refractivity contribution in [3.8, 4) is 11.3 Å². The molecule has 0 bridgehead atoms. The highest BCUT2D eigenvalue weighted by molar-refractivity contribution is 7.92. The molecular weight excluding hydrogens is 431 g/mol. The van der Waals surface area contributed by atoms with Crippen molar-refractivity contribution < 1.29 is 22.0 Å². The van der Waals surface area contributed by atoms with Crippen LogP contribution in [0, 0.1) is 12.7 Å². The summed E-state index contributed by atoms with van der Waals surface area (Å²) in [7, 11) is -4.17. The van der Waals surface area contributed by atoms with Gasteiger partial charge in [0.1, 0.15) is 17.5 Å². The lowest BCUT2D eigenvalue weighted by Crippen LogP contribution is -2.51. The molecule has 0 saturated carbocycles. The molecule has 0 amide bonds. The van der Waals surface area contributed by atoms with Gasteiger partial charge in [0.05, 0.1) is 16.8 Å². The van der Waals surface area contributed by atoms with Crippen LogP contribution in [0.15, 0.2) is 53.6 Å². The fraction of sp³-hybridized carbons (Fsp3) is 0.200. The molecule has 10 heteroatoms. The molecule has 0 radical (unpaired) electrons. The fourth-order valence-corrected chi connectivity index (χ4v) is 4.13. The standard InChI is InChI=1S/C20H18ClFN4O3S/c1-12-5-6-13(22)9-15(12)20-16(21)7-8-17(23-20)25-30(28,29)19-4-2-3-18(24-19)26-10-14(27)11-26/h2-9,14,27H,10-11H2,1H3,(H,23,25)/i1D3. The zero-order valence-corrected chi connectivity index (χ0v) is 17.0. The van der Waals surface area contributed by atoms with E-state index in [2.05, 4.69) is 14.7 Å². The molecule has 30 heavy (non-hydrogen) atoms. The van der Waals surface area contributed by atoms with Crippen LogP contribution < -0.4 is 9.62 Å². The molecule has 156 valence electrons. The van der Waals surface area contributed by atoms with Gasteiger partial charge >= 0.3 is 0 Å². The minimum Gasteiger partial charge on any atom is -0.389 e. The largest absolute Gasteiger partial charge is 0.389 e. The molecule has 3 aromatic rings. The minimum absolute atomic E-state index is 0.0190. The summed E-state index contributed by atoms with van der Waals surface area (Å²) < 4.78 is 65.1. The van der Waals surface area contributed by atoms with Crippen LogP contribution >= 0.6 is 11.6 Å². The maximum absolute atomic E-state index is 13.9. The molecular formula is C20H18ClFN4O3S. The summed E-state index contributed by atoms with van der Waals surface area (Å²) in [5.74, 6) is -0.448. The third-order valence-electron chi connectivity index (χ3n) is 4.49. The molecule has 2 aromatic heterocycles. The van der Waals surface area contributed by atoms with E-state index in [1.807, 2.05) is 0 Å². The summed E-state index contributed by atoms with van der Waals surface area (Å²) in [4.78, 5) is 10.0. The van der Waals surface area contributed by atoms with Gasteiger partial charge in [-0.15, -0.1) is 0 Å². The van der Waals surface area contributed by atoms with Gasteiger partial charge in [0.25, 0.3) is 10.0 Å². The van der Waals surface area contributed by atoms with E-state index in [0.29, 0.717) is 18.9 Å². The number of nitrogens with one attached hydrogen (secondary N) is 1. The Morgan fingerprint density at radius 3 is 2.77 bits per heavy atom. The molecule has 1 aromatic carbocycles. The zero-order chi connectivity index (χ0) is 24.0. The first-order chi connectivity index (χ1) is 15.4. The van der Waals surface area contributed by atoms with E-state index in [1.165, 1.54) is 24.3 Å². The number of aliphatic hydroxyl groups excluding tert-OH is 1. The summed E-state index contributed by atoms with van der Waals surface area (Å²) in [6.45, 7) is -1.87. The molecule has 0 atom stereocenters. The van der Waals surface area contributed by atoms with Gasteiger partial charge in [-0.05, 0) is 48.8 Å². The first kappa shape index (κ1) is 17.0. The fourth-order valence-electron chi connectivity index (χ4n) is 2.96. The van der Waals surface area contributed by atoms with E-state index in [9.17, 15) is 17.9 Å². The summed E-state index contributed by atoms with van der Waals surface area (Å²) >= 11 is 6.20. The van der Waals surface area contributed by atoms with Crippen LogP contribution in [0.2, 0.25) is 5.02 Å². The van der Waals surface area contributed by atoms with Gasteiger partial charge in [-0.2, -0.15) is 8.42 Å². The number of benzene rings is 1. The van der Waals surface area contributed by atoms with Crippen LogP contribution in [0.1, 0.15) is 9.68 Å². The summed E-state index contributed by atoms with van der Waals surface area (Å²) in [6, 6.07) is 10.2. The van der Waals surface area contributed by atoms with Crippen molar-refractivity contribution in [2.75, 3.05) is 22.7 Å². The van der Waals surface area contributed by atoms with Crippen LogP contribution in [0.5, 0.6) is 0 Å². The number of pyridine rings is 2. The Morgan fingerprint density at radius 2 is 2.03 bits per heavy atom. The Bertz CT molecular complexity index is 1320. The topological polar surface area (TPSA) is 95.4 Å². The lowest BCUT2D eigenvalue weighted by Gasteiger charge is -2.36. The van der Waals surface area contributed by atoms with Crippen molar-refractivity contribution in [3.63, 3.8) is 0 Å². The molecule has 1 aliphatic heterocycles. The van der Waals surface area contributed by atoms with E-state index in [4.69, 9.17) is 15.7 Å². The average Bonchev–Trinajstić information content (AvgIpc) is 2.72. The molecule has 3 heterocycles. The number of aryl methyl sites for hydroxylation is 1. The van der Waals surface area contributed by atoms with Gasteiger partial charge in [-0.25, -0.2) is 14.4 Å². The number of halogens is 2. The van der Waals surface area contributed by atoms with E-state index in [-0.39, 0.29) is 32.7 Å². The lowest BCUT2D eigenvalue weighted by molar-refractivity contribution is 0.141. The molecule has 1 fully saturated rings. The molecule has 1 aliphatic rings. The molecule has 0 aliphatic carbocycles. The highest BCUT2D eigenvalue weighted by Gasteiger charge is 2.27. The second-order valence-electron chi connectivity index (χ2n) is 6.72. The smallest absolute Gasteiger partial charge is 0.280 e. The number of rotatable bonds is 5. The third kappa shape index (κ3) is 4.09. The van der Waals surface area contributed by atoms with Crippen molar-refractivity contribution in [1.29, 1.82) is 0 Å². The monoisotopic (exact) mass is 451 g/mol. The van der Waals surface area contributed by atoms with Gasteiger partial charge in [-0.1, -0.05) is 23.7 Å². The Balaban J connectivity index is 1.68. The van der Waals surface area contributed by atoms with Crippen molar-refractivity contribution in [2.24, 2.45) is 0 Å². The summed E-state index contributed by atoms with van der Waals surface area (Å²) in [5, 5.41) is 9.20. The first-order valence-corrected chi connectivity index (χ1v) is 10.7. The number of hydrogen-bond acceptors (Lipinski definition) is 6. The van der Waals surface area contributed by atoms with E-state index in [0.717, 1.165) is 18.2 Å². The van der Waals surface area contributed by atoms with Gasteiger partial charge < -0.3 is 10.0 Å². The summed E-state index contributed by atoms with van der Waals surface area (Å²) in [5.41, 5.74) is -0.333. The molecule has 2 N–H and O–H groups in total. The van der Waals surface area contributed by atoms with Crippen LogP contribution in [-0.2, 0) is 10.0 Å². The number of anilines is 2. The summed E-state index contributed by atoms with van der Waals surface area (Å²) in [6.07, 6.45) is -0.482. The highest BCUT2D eigenvalue weighted by atomic mass is 35.5. The maximum Gasteiger partial charge on any atom is 0.280 e. The van der Waals surface area contributed by atoms with Crippen LogP contribution in [0.25, 0.3) is 11.3 Å². The SMILES string of the molecule is [2H]C([2H])([2H])c1ccc(F)cc1-c1nc(NS(=O)(=O)c2cccc(N3CC(O)C3)n2)ccc1Cl. The Kier molecular flexibility index (Phi) is 4.43. The van der Waals surface area contributed by atoms with Gasteiger partial charge in [-0.3, -0.25) is 4.72 Å². The zero-order valence-electron chi connectivity index (χ0n) is 18.4. The van der Waals surface area contributed by atoms with Crippen LogP contribution in [0.3, 0.4) is 0 Å². The third-order valence-corrected chi connectivity index (χ3v) is 6.05. The second kappa shape index (κ2) is 7.82. The van der Waals surface area contributed by atoms with Crippen molar-refractivity contribution in [2.45, 2.75) is 18.0 Å². The highest BCUT2D eigenvalue weighted by Crippen LogP contribution is 2.31. The number of aromatic nitrogens is 2. The van der Waals surface area contributed by atoms with E-state index < -0.39 is 28.8 Å². The number of hydrogen-bond donors (Lipinski definition) is 2. The molecule has 0 unspecified atom stereocenters.